The highest BCUT2D eigenvalue weighted by molar-refractivity contribution is 7.89. The minimum atomic E-state index is -3.49. The summed E-state index contributed by atoms with van der Waals surface area (Å²) < 4.78 is 27.0. The number of aromatic nitrogens is 1. The van der Waals surface area contributed by atoms with Crippen LogP contribution in [0.4, 0.5) is 0 Å². The van der Waals surface area contributed by atoms with E-state index >= 15 is 0 Å². The van der Waals surface area contributed by atoms with Crippen LogP contribution in [-0.4, -0.2) is 43.2 Å². The highest BCUT2D eigenvalue weighted by atomic mass is 32.2. The molecule has 8 heteroatoms. The number of para-hydroxylation sites is 1. The van der Waals surface area contributed by atoms with Crippen LogP contribution in [0.25, 0.3) is 10.9 Å². The van der Waals surface area contributed by atoms with Crippen molar-refractivity contribution in [2.75, 3.05) is 19.6 Å². The number of nitrogens with one attached hydrogen (secondary N) is 2. The molecule has 0 aliphatic carbocycles. The molecule has 170 valence electrons. The maximum absolute atomic E-state index is 12.9. The molecule has 6 nitrogen and oxygen atoms in total. The van der Waals surface area contributed by atoms with Gasteiger partial charge in [-0.2, -0.15) is 4.31 Å². The average Bonchev–Trinajstić information content (AvgIpc) is 3.62. The summed E-state index contributed by atoms with van der Waals surface area (Å²) in [6.45, 7) is 1.56. The van der Waals surface area contributed by atoms with E-state index < -0.39 is 10.0 Å². The van der Waals surface area contributed by atoms with Gasteiger partial charge in [-0.3, -0.25) is 4.79 Å². The number of aromatic amines is 1. The van der Waals surface area contributed by atoms with Gasteiger partial charge in [0.05, 0.1) is 4.90 Å². The Hall–Kier alpha value is -2.94. The second kappa shape index (κ2) is 9.13. The zero-order chi connectivity index (χ0) is 22.8. The average molecular weight is 480 g/mol. The third-order valence-electron chi connectivity index (χ3n) is 6.17. The smallest absolute Gasteiger partial charge is 0.251 e. The van der Waals surface area contributed by atoms with E-state index in [1.54, 1.807) is 23.5 Å². The summed E-state index contributed by atoms with van der Waals surface area (Å²) in [6.07, 6.45) is 3.79. The molecule has 0 saturated carbocycles. The van der Waals surface area contributed by atoms with Crippen LogP contribution >= 0.6 is 11.3 Å². The Bertz CT molecular complexity index is 1350. The van der Waals surface area contributed by atoms with Gasteiger partial charge in [0, 0.05) is 53.1 Å². The van der Waals surface area contributed by atoms with Crippen LogP contribution in [0.2, 0.25) is 0 Å². The molecule has 1 fully saturated rings. The topological polar surface area (TPSA) is 82.3 Å². The van der Waals surface area contributed by atoms with Crippen LogP contribution < -0.4 is 5.32 Å². The number of fused-ring (bicyclic) bond motifs is 1. The molecule has 0 bridgehead atoms. The van der Waals surface area contributed by atoms with Gasteiger partial charge in [0.2, 0.25) is 10.0 Å². The number of hydrogen-bond donors (Lipinski definition) is 2. The predicted octanol–water partition coefficient (Wildman–Crippen LogP) is 4.58. The lowest BCUT2D eigenvalue weighted by Crippen LogP contribution is -2.29. The second-order valence-corrected chi connectivity index (χ2v) is 11.1. The van der Waals surface area contributed by atoms with Crippen LogP contribution in [0.5, 0.6) is 0 Å². The van der Waals surface area contributed by atoms with Crippen molar-refractivity contribution in [3.8, 4) is 0 Å². The highest BCUT2D eigenvalue weighted by Gasteiger charge is 2.27. The highest BCUT2D eigenvalue weighted by Crippen LogP contribution is 2.33. The Balaban J connectivity index is 1.33. The minimum absolute atomic E-state index is 0.0138. The first kappa shape index (κ1) is 21.9. The van der Waals surface area contributed by atoms with Gasteiger partial charge in [-0.25, -0.2) is 8.42 Å². The number of amides is 1. The van der Waals surface area contributed by atoms with Crippen LogP contribution in [0, 0.1) is 0 Å². The van der Waals surface area contributed by atoms with Gasteiger partial charge in [-0.1, -0.05) is 24.3 Å². The van der Waals surface area contributed by atoms with Crippen molar-refractivity contribution in [1.29, 1.82) is 0 Å². The van der Waals surface area contributed by atoms with Gasteiger partial charge in [-0.15, -0.1) is 11.3 Å². The Morgan fingerprint density at radius 1 is 1.03 bits per heavy atom. The van der Waals surface area contributed by atoms with E-state index in [1.165, 1.54) is 21.3 Å². The lowest BCUT2D eigenvalue weighted by atomic mass is 9.96. The van der Waals surface area contributed by atoms with E-state index in [4.69, 9.17) is 0 Å². The zero-order valence-electron chi connectivity index (χ0n) is 18.0. The van der Waals surface area contributed by atoms with E-state index in [1.807, 2.05) is 35.8 Å². The molecule has 1 aliphatic heterocycles. The Kier molecular flexibility index (Phi) is 6.05. The largest absolute Gasteiger partial charge is 0.361 e. The molecule has 2 aromatic carbocycles. The molecule has 1 unspecified atom stereocenters. The molecule has 0 spiro atoms. The number of sulfonamides is 1. The maximum atomic E-state index is 12.9. The van der Waals surface area contributed by atoms with E-state index in [0.717, 1.165) is 29.3 Å². The molecular formula is C25H25N3O3S2. The van der Waals surface area contributed by atoms with Crippen molar-refractivity contribution < 1.29 is 13.2 Å². The fraction of sp³-hybridized carbons (Fsp3) is 0.240. The molecule has 3 heterocycles. The Morgan fingerprint density at radius 3 is 2.52 bits per heavy atom. The SMILES string of the molecule is O=C(NCC(c1cccs1)c1c[nH]c2ccccc12)c1ccc(S(=O)(=O)N2CCCC2)cc1. The van der Waals surface area contributed by atoms with Crippen molar-refractivity contribution in [1.82, 2.24) is 14.6 Å². The molecule has 5 rings (SSSR count). The number of benzene rings is 2. The van der Waals surface area contributed by atoms with Crippen molar-refractivity contribution in [3.63, 3.8) is 0 Å². The van der Waals surface area contributed by atoms with Gasteiger partial charge in [-0.05, 0) is 60.2 Å². The molecule has 1 saturated heterocycles. The third-order valence-corrected chi connectivity index (χ3v) is 9.07. The van der Waals surface area contributed by atoms with E-state index in [9.17, 15) is 13.2 Å². The van der Waals surface area contributed by atoms with Gasteiger partial charge in [0.15, 0.2) is 0 Å². The van der Waals surface area contributed by atoms with Crippen LogP contribution in [0.3, 0.4) is 0 Å². The number of rotatable bonds is 7. The standard InChI is InChI=1S/C25H25N3O3S2/c29-25(18-9-11-19(12-10-18)33(30,31)28-13-3-4-14-28)27-17-22(24-8-5-15-32-24)21-16-26-23-7-2-1-6-20(21)23/h1-2,5-12,15-16,22,26H,3-4,13-14,17H2,(H,27,29). The van der Waals surface area contributed by atoms with Crippen molar-refractivity contribution >= 4 is 38.2 Å². The van der Waals surface area contributed by atoms with Crippen molar-refractivity contribution in [2.45, 2.75) is 23.7 Å². The minimum Gasteiger partial charge on any atom is -0.361 e. The number of carbonyl (C=O) groups is 1. The van der Waals surface area contributed by atoms with E-state index in [0.29, 0.717) is 25.2 Å². The summed E-state index contributed by atoms with van der Waals surface area (Å²) in [5.74, 6) is -0.207. The molecular weight excluding hydrogens is 454 g/mol. The third kappa shape index (κ3) is 4.34. The van der Waals surface area contributed by atoms with E-state index in [-0.39, 0.29) is 16.7 Å². The summed E-state index contributed by atoms with van der Waals surface area (Å²) >= 11 is 1.67. The lowest BCUT2D eigenvalue weighted by molar-refractivity contribution is 0.0952. The fourth-order valence-electron chi connectivity index (χ4n) is 4.39. The van der Waals surface area contributed by atoms with Crippen molar-refractivity contribution in [3.05, 3.63) is 88.2 Å². The first-order chi connectivity index (χ1) is 16.0. The Morgan fingerprint density at radius 2 is 1.79 bits per heavy atom. The van der Waals surface area contributed by atoms with Gasteiger partial charge < -0.3 is 10.3 Å². The van der Waals surface area contributed by atoms with Gasteiger partial charge in [0.1, 0.15) is 0 Å². The predicted molar refractivity (Wildman–Crippen MR) is 131 cm³/mol. The molecule has 2 N–H and O–H groups in total. The lowest BCUT2D eigenvalue weighted by Gasteiger charge is -2.17. The number of H-pyrrole nitrogens is 1. The quantitative estimate of drug-likeness (QED) is 0.407. The van der Waals surface area contributed by atoms with Gasteiger partial charge >= 0.3 is 0 Å². The zero-order valence-corrected chi connectivity index (χ0v) is 19.7. The summed E-state index contributed by atoms with van der Waals surface area (Å²) in [6, 6.07) is 18.5. The molecule has 1 aliphatic rings. The number of carbonyl (C=O) groups excluding carboxylic acids is 1. The fourth-order valence-corrected chi connectivity index (χ4v) is 6.75. The van der Waals surface area contributed by atoms with Crippen LogP contribution in [0.1, 0.15) is 39.6 Å². The Labute approximate surface area is 197 Å². The van der Waals surface area contributed by atoms with E-state index in [2.05, 4.69) is 22.4 Å². The van der Waals surface area contributed by atoms with Gasteiger partial charge in [0.25, 0.3) is 5.91 Å². The van der Waals surface area contributed by atoms with Crippen molar-refractivity contribution in [2.24, 2.45) is 0 Å². The molecule has 4 aromatic rings. The summed E-state index contributed by atoms with van der Waals surface area (Å²) in [4.78, 5) is 17.6. The molecule has 1 atom stereocenters. The molecule has 1 amide bonds. The van der Waals surface area contributed by atoms with Crippen LogP contribution in [0.15, 0.2) is 77.1 Å². The molecule has 33 heavy (non-hydrogen) atoms. The second-order valence-electron chi connectivity index (χ2n) is 8.20. The summed E-state index contributed by atoms with van der Waals surface area (Å²) in [7, 11) is -3.49. The number of nitrogens with zero attached hydrogens (tertiary/aromatic N) is 1. The maximum Gasteiger partial charge on any atom is 0.251 e. The monoisotopic (exact) mass is 479 g/mol. The number of thiophene rings is 1. The summed E-state index contributed by atoms with van der Waals surface area (Å²) in [5, 5.41) is 6.23. The first-order valence-electron chi connectivity index (χ1n) is 11.0. The normalized spacial score (nSPS) is 15.6. The first-order valence-corrected chi connectivity index (χ1v) is 13.3. The summed E-state index contributed by atoms with van der Waals surface area (Å²) in [5.41, 5.74) is 2.65. The van der Waals surface area contributed by atoms with Crippen LogP contribution in [-0.2, 0) is 10.0 Å². The number of hydrogen-bond acceptors (Lipinski definition) is 4. The molecule has 2 aromatic heterocycles. The molecule has 0 radical (unpaired) electrons.